The Kier molecular flexibility index (Phi) is 4.66. The largest absolute Gasteiger partial charge is 0.306 e. The van der Waals surface area contributed by atoms with E-state index in [0.717, 1.165) is 10.9 Å². The molecule has 2 heterocycles. The van der Waals surface area contributed by atoms with Gasteiger partial charge in [0.2, 0.25) is 0 Å². The zero-order chi connectivity index (χ0) is 12.4. The van der Waals surface area contributed by atoms with Crippen molar-refractivity contribution in [1.82, 2.24) is 5.32 Å². The summed E-state index contributed by atoms with van der Waals surface area (Å²) in [6.45, 7) is 5.22. The second kappa shape index (κ2) is 5.85. The molecule has 0 radical (unpaired) electrons. The first kappa shape index (κ1) is 13.6. The maximum Gasteiger partial charge on any atom is 0.0931 e. The van der Waals surface area contributed by atoms with E-state index in [1.807, 2.05) is 6.07 Å². The third-order valence-corrected chi connectivity index (χ3v) is 5.39. The van der Waals surface area contributed by atoms with Crippen molar-refractivity contribution in [1.29, 1.82) is 0 Å². The Balaban J connectivity index is 2.38. The van der Waals surface area contributed by atoms with Gasteiger partial charge in [-0.1, -0.05) is 18.5 Å². The molecule has 0 spiro atoms. The fourth-order valence-corrected chi connectivity index (χ4v) is 4.70. The topological polar surface area (TPSA) is 12.0 Å². The van der Waals surface area contributed by atoms with Gasteiger partial charge in [-0.05, 0) is 53.2 Å². The number of thiophene rings is 2. The van der Waals surface area contributed by atoms with Crippen LogP contribution < -0.4 is 5.32 Å². The number of halogens is 2. The smallest absolute Gasteiger partial charge is 0.0931 e. The van der Waals surface area contributed by atoms with Crippen LogP contribution in [0.4, 0.5) is 0 Å². The van der Waals surface area contributed by atoms with Gasteiger partial charge in [0.05, 0.1) is 14.2 Å². The van der Waals surface area contributed by atoms with Crippen molar-refractivity contribution >= 4 is 50.2 Å². The Bertz CT molecular complexity index is 506. The fourth-order valence-electron chi connectivity index (χ4n) is 1.80. The summed E-state index contributed by atoms with van der Waals surface area (Å²) >= 11 is 13.0. The third-order valence-electron chi connectivity index (χ3n) is 2.52. The van der Waals surface area contributed by atoms with Crippen LogP contribution in [0.3, 0.4) is 0 Å². The van der Waals surface area contributed by atoms with Crippen LogP contribution in [-0.4, -0.2) is 6.54 Å². The maximum atomic E-state index is 6.02. The van der Waals surface area contributed by atoms with Crippen LogP contribution in [0.5, 0.6) is 0 Å². The molecular formula is C12H13BrClNS2. The Labute approximate surface area is 123 Å². The highest BCUT2D eigenvalue weighted by molar-refractivity contribution is 9.11. The Morgan fingerprint density at radius 2 is 2.18 bits per heavy atom. The quantitative estimate of drug-likeness (QED) is 0.796. The number of nitrogens with one attached hydrogen (secondary N) is 1. The van der Waals surface area contributed by atoms with Gasteiger partial charge in [-0.3, -0.25) is 0 Å². The Hall–Kier alpha value is 0.130. The van der Waals surface area contributed by atoms with Crippen molar-refractivity contribution in [3.8, 4) is 0 Å². The van der Waals surface area contributed by atoms with E-state index in [1.165, 1.54) is 19.1 Å². The normalized spacial score (nSPS) is 12.9. The van der Waals surface area contributed by atoms with Crippen LogP contribution in [0.25, 0.3) is 0 Å². The maximum absolute atomic E-state index is 6.02. The Morgan fingerprint density at radius 3 is 2.65 bits per heavy atom. The van der Waals surface area contributed by atoms with Gasteiger partial charge in [-0.2, -0.15) is 0 Å². The molecule has 0 fully saturated rings. The standard InChI is InChI=1S/C12H13BrClNS2/c1-3-15-12(9-4-5-11(14)17-9)8-6-10(13)16-7(8)2/h4-6,12,15H,3H2,1-2H3. The van der Waals surface area contributed by atoms with E-state index >= 15 is 0 Å². The molecule has 2 aromatic rings. The highest BCUT2D eigenvalue weighted by atomic mass is 79.9. The van der Waals surface area contributed by atoms with E-state index in [1.54, 1.807) is 22.7 Å². The van der Waals surface area contributed by atoms with Gasteiger partial charge in [-0.15, -0.1) is 22.7 Å². The molecule has 0 amide bonds. The first-order valence-corrected chi connectivity index (χ1v) is 8.16. The van der Waals surface area contributed by atoms with Gasteiger partial charge < -0.3 is 5.32 Å². The number of hydrogen-bond acceptors (Lipinski definition) is 3. The van der Waals surface area contributed by atoms with Crippen LogP contribution in [0.15, 0.2) is 22.0 Å². The summed E-state index contributed by atoms with van der Waals surface area (Å²) < 4.78 is 2.02. The molecule has 0 aliphatic heterocycles. The lowest BCUT2D eigenvalue weighted by Crippen LogP contribution is -2.21. The van der Waals surface area contributed by atoms with E-state index in [0.29, 0.717) is 0 Å². The summed E-state index contributed by atoms with van der Waals surface area (Å²) in [7, 11) is 0. The van der Waals surface area contributed by atoms with E-state index in [4.69, 9.17) is 11.6 Å². The van der Waals surface area contributed by atoms with Crippen LogP contribution >= 0.6 is 50.2 Å². The summed E-state index contributed by atoms with van der Waals surface area (Å²) in [6, 6.07) is 6.51. The van der Waals surface area contributed by atoms with Crippen molar-refractivity contribution in [2.24, 2.45) is 0 Å². The van der Waals surface area contributed by atoms with E-state index in [2.05, 4.69) is 47.2 Å². The lowest BCUT2D eigenvalue weighted by Gasteiger charge is -2.16. The molecule has 0 saturated carbocycles. The van der Waals surface area contributed by atoms with Crippen LogP contribution in [0.1, 0.15) is 28.3 Å². The highest BCUT2D eigenvalue weighted by Gasteiger charge is 2.19. The van der Waals surface area contributed by atoms with Crippen molar-refractivity contribution in [3.63, 3.8) is 0 Å². The number of aryl methyl sites for hydroxylation is 1. The highest BCUT2D eigenvalue weighted by Crippen LogP contribution is 2.36. The summed E-state index contributed by atoms with van der Waals surface area (Å²) in [6.07, 6.45) is 0. The van der Waals surface area contributed by atoms with Gasteiger partial charge in [0.1, 0.15) is 0 Å². The summed E-state index contributed by atoms with van der Waals surface area (Å²) in [4.78, 5) is 2.61. The van der Waals surface area contributed by atoms with E-state index < -0.39 is 0 Å². The van der Waals surface area contributed by atoms with Crippen LogP contribution in [0, 0.1) is 6.92 Å². The zero-order valence-electron chi connectivity index (χ0n) is 9.59. The third kappa shape index (κ3) is 3.12. The molecule has 92 valence electrons. The molecule has 0 bridgehead atoms. The zero-order valence-corrected chi connectivity index (χ0v) is 13.6. The number of rotatable bonds is 4. The molecule has 2 aromatic heterocycles. The average molecular weight is 351 g/mol. The molecule has 5 heteroatoms. The molecular weight excluding hydrogens is 338 g/mol. The minimum Gasteiger partial charge on any atom is -0.306 e. The molecule has 0 saturated heterocycles. The first-order chi connectivity index (χ1) is 8.11. The summed E-state index contributed by atoms with van der Waals surface area (Å²) in [5.74, 6) is 0. The van der Waals surface area contributed by atoms with Crippen LogP contribution in [0.2, 0.25) is 4.34 Å². The van der Waals surface area contributed by atoms with Crippen molar-refractivity contribution in [2.75, 3.05) is 6.54 Å². The number of hydrogen-bond donors (Lipinski definition) is 1. The molecule has 1 unspecified atom stereocenters. The van der Waals surface area contributed by atoms with Crippen molar-refractivity contribution in [3.05, 3.63) is 41.6 Å². The SMILES string of the molecule is CCNC(c1ccc(Cl)s1)c1cc(Br)sc1C. The molecule has 2 rings (SSSR count). The molecule has 0 aliphatic carbocycles. The molecule has 1 atom stereocenters. The second-order valence-electron chi connectivity index (χ2n) is 3.69. The van der Waals surface area contributed by atoms with Gasteiger partial charge in [0, 0.05) is 9.75 Å². The minimum absolute atomic E-state index is 0.250. The Morgan fingerprint density at radius 1 is 1.41 bits per heavy atom. The van der Waals surface area contributed by atoms with Crippen molar-refractivity contribution < 1.29 is 0 Å². The molecule has 1 nitrogen and oxygen atoms in total. The second-order valence-corrected chi connectivity index (χ2v) is 8.08. The van der Waals surface area contributed by atoms with Crippen LogP contribution in [-0.2, 0) is 0 Å². The summed E-state index contributed by atoms with van der Waals surface area (Å²) in [5, 5.41) is 3.52. The lowest BCUT2D eigenvalue weighted by molar-refractivity contribution is 0.639. The lowest BCUT2D eigenvalue weighted by atomic mass is 10.1. The van der Waals surface area contributed by atoms with Gasteiger partial charge in [0.15, 0.2) is 0 Å². The monoisotopic (exact) mass is 349 g/mol. The molecule has 1 N–H and O–H groups in total. The predicted octanol–water partition coefficient (Wildman–Crippen LogP) is 5.23. The van der Waals surface area contributed by atoms with Gasteiger partial charge in [0.25, 0.3) is 0 Å². The first-order valence-electron chi connectivity index (χ1n) is 5.36. The fraction of sp³-hybridized carbons (Fsp3) is 0.333. The van der Waals surface area contributed by atoms with Crippen molar-refractivity contribution in [2.45, 2.75) is 19.9 Å². The molecule has 17 heavy (non-hydrogen) atoms. The van der Waals surface area contributed by atoms with E-state index in [-0.39, 0.29) is 6.04 Å². The van der Waals surface area contributed by atoms with Gasteiger partial charge in [-0.25, -0.2) is 0 Å². The predicted molar refractivity (Wildman–Crippen MR) is 81.6 cm³/mol. The van der Waals surface area contributed by atoms with E-state index in [9.17, 15) is 0 Å². The molecule has 0 aromatic carbocycles. The summed E-state index contributed by atoms with van der Waals surface area (Å²) in [5.41, 5.74) is 1.34. The average Bonchev–Trinajstić information content (AvgIpc) is 2.82. The molecule has 0 aliphatic rings. The van der Waals surface area contributed by atoms with Gasteiger partial charge >= 0.3 is 0 Å². The minimum atomic E-state index is 0.250.